The molecule has 2 heterocycles. The normalized spacial score (nSPS) is 11.8. The van der Waals surface area contributed by atoms with E-state index < -0.39 is 0 Å². The average molecular weight is 329 g/mol. The molecule has 0 spiro atoms. The Kier molecular flexibility index (Phi) is 4.44. The van der Waals surface area contributed by atoms with Crippen LogP contribution in [0.2, 0.25) is 0 Å². The number of nitrogens with zero attached hydrogens (tertiary/aromatic N) is 4. The second kappa shape index (κ2) is 6.52. The van der Waals surface area contributed by atoms with E-state index in [4.69, 9.17) is 4.74 Å². The molecule has 2 aromatic heterocycles. The quantitative estimate of drug-likeness (QED) is 0.753. The molecule has 0 aliphatic heterocycles. The smallest absolute Gasteiger partial charge is 0.254 e. The Morgan fingerprint density at radius 1 is 1.29 bits per heavy atom. The first kappa shape index (κ1) is 16.3. The van der Waals surface area contributed by atoms with Crippen molar-refractivity contribution in [3.8, 4) is 0 Å². The minimum Gasteiger partial charge on any atom is -0.378 e. The Bertz CT molecular complexity index is 846. The SMILES string of the molecule is COCc1cc(NCC(C)(C)c2cccc(F)c2)n2ncnc2n1. The summed E-state index contributed by atoms with van der Waals surface area (Å²) in [6.07, 6.45) is 1.46. The second-order valence-corrected chi connectivity index (χ2v) is 6.29. The maximum atomic E-state index is 13.5. The van der Waals surface area contributed by atoms with E-state index in [1.165, 1.54) is 12.4 Å². The molecule has 3 rings (SSSR count). The molecule has 0 aliphatic rings. The number of halogens is 1. The standard InChI is InChI=1S/C17H20FN5O/c1-17(2,12-5-4-6-13(18)7-12)10-19-15-8-14(9-24-3)22-16-20-11-21-23(15)16/h4-8,11,19H,9-10H2,1-3H3. The molecule has 0 radical (unpaired) electrons. The maximum Gasteiger partial charge on any atom is 0.254 e. The van der Waals surface area contributed by atoms with Crippen molar-refractivity contribution in [2.24, 2.45) is 0 Å². The molecule has 7 heteroatoms. The van der Waals surface area contributed by atoms with Crippen LogP contribution in [-0.4, -0.2) is 33.2 Å². The fourth-order valence-corrected chi connectivity index (χ4v) is 2.53. The highest BCUT2D eigenvalue weighted by molar-refractivity contribution is 5.45. The monoisotopic (exact) mass is 329 g/mol. The third-order valence-corrected chi connectivity index (χ3v) is 3.91. The van der Waals surface area contributed by atoms with Gasteiger partial charge in [0, 0.05) is 25.1 Å². The predicted molar refractivity (Wildman–Crippen MR) is 89.4 cm³/mol. The van der Waals surface area contributed by atoms with Crippen molar-refractivity contribution in [2.75, 3.05) is 19.0 Å². The molecule has 0 amide bonds. The van der Waals surface area contributed by atoms with Crippen molar-refractivity contribution in [2.45, 2.75) is 25.9 Å². The number of nitrogens with one attached hydrogen (secondary N) is 1. The van der Waals surface area contributed by atoms with Gasteiger partial charge < -0.3 is 10.1 Å². The van der Waals surface area contributed by atoms with Gasteiger partial charge in [-0.3, -0.25) is 0 Å². The summed E-state index contributed by atoms with van der Waals surface area (Å²) in [5.74, 6) is 1.05. The summed E-state index contributed by atoms with van der Waals surface area (Å²) in [6.45, 7) is 5.11. The second-order valence-electron chi connectivity index (χ2n) is 6.29. The molecular formula is C17H20FN5O. The molecule has 0 aliphatic carbocycles. The zero-order chi connectivity index (χ0) is 17.2. The first-order valence-electron chi connectivity index (χ1n) is 7.68. The Labute approximate surface area is 139 Å². The number of anilines is 1. The van der Waals surface area contributed by atoms with Gasteiger partial charge in [0.1, 0.15) is 18.0 Å². The van der Waals surface area contributed by atoms with Crippen LogP contribution in [0, 0.1) is 5.82 Å². The third kappa shape index (κ3) is 3.35. The van der Waals surface area contributed by atoms with Crippen LogP contribution in [0.5, 0.6) is 0 Å². The summed E-state index contributed by atoms with van der Waals surface area (Å²) < 4.78 is 20.3. The number of methoxy groups -OCH3 is 1. The van der Waals surface area contributed by atoms with Crippen LogP contribution in [0.15, 0.2) is 36.7 Å². The molecule has 126 valence electrons. The van der Waals surface area contributed by atoms with Crippen molar-refractivity contribution in [1.29, 1.82) is 0 Å². The van der Waals surface area contributed by atoms with Gasteiger partial charge in [-0.25, -0.2) is 9.37 Å². The number of rotatable bonds is 6. The first-order chi connectivity index (χ1) is 11.5. The molecule has 0 fully saturated rings. The fourth-order valence-electron chi connectivity index (χ4n) is 2.53. The van der Waals surface area contributed by atoms with E-state index in [1.807, 2.05) is 12.1 Å². The van der Waals surface area contributed by atoms with Gasteiger partial charge in [0.25, 0.3) is 5.78 Å². The van der Waals surface area contributed by atoms with E-state index in [9.17, 15) is 4.39 Å². The molecular weight excluding hydrogens is 309 g/mol. The van der Waals surface area contributed by atoms with Gasteiger partial charge >= 0.3 is 0 Å². The lowest BCUT2D eigenvalue weighted by Gasteiger charge is -2.26. The van der Waals surface area contributed by atoms with Gasteiger partial charge in [0.15, 0.2) is 0 Å². The van der Waals surface area contributed by atoms with Gasteiger partial charge in [0.05, 0.1) is 12.3 Å². The summed E-state index contributed by atoms with van der Waals surface area (Å²) in [4.78, 5) is 8.51. The number of fused-ring (bicyclic) bond motifs is 1. The van der Waals surface area contributed by atoms with Crippen LogP contribution >= 0.6 is 0 Å². The molecule has 0 atom stereocenters. The number of benzene rings is 1. The zero-order valence-corrected chi connectivity index (χ0v) is 14.0. The lowest BCUT2D eigenvalue weighted by molar-refractivity contribution is 0.181. The van der Waals surface area contributed by atoms with Crippen LogP contribution in [0.1, 0.15) is 25.1 Å². The summed E-state index contributed by atoms with van der Waals surface area (Å²) in [6, 6.07) is 8.55. The van der Waals surface area contributed by atoms with E-state index >= 15 is 0 Å². The minimum atomic E-state index is -0.264. The van der Waals surface area contributed by atoms with Gasteiger partial charge in [-0.1, -0.05) is 26.0 Å². The molecule has 0 saturated heterocycles. The number of ether oxygens (including phenoxy) is 1. The minimum absolute atomic E-state index is 0.231. The van der Waals surface area contributed by atoms with E-state index in [0.29, 0.717) is 18.9 Å². The highest BCUT2D eigenvalue weighted by Crippen LogP contribution is 2.24. The Morgan fingerprint density at radius 2 is 2.12 bits per heavy atom. The van der Waals surface area contributed by atoms with E-state index in [-0.39, 0.29) is 11.2 Å². The first-order valence-corrected chi connectivity index (χ1v) is 7.68. The maximum absolute atomic E-state index is 13.5. The summed E-state index contributed by atoms with van der Waals surface area (Å²) >= 11 is 0. The Hall–Kier alpha value is -2.54. The van der Waals surface area contributed by atoms with Gasteiger partial charge in [-0.15, -0.1) is 0 Å². The molecule has 0 saturated carbocycles. The lowest BCUT2D eigenvalue weighted by Crippen LogP contribution is -2.28. The molecule has 3 aromatic rings. The number of hydrogen-bond donors (Lipinski definition) is 1. The van der Waals surface area contributed by atoms with Crippen LogP contribution in [0.4, 0.5) is 10.2 Å². The van der Waals surface area contributed by atoms with Gasteiger partial charge in [0.2, 0.25) is 0 Å². The predicted octanol–water partition coefficient (Wildman–Crippen LogP) is 2.80. The third-order valence-electron chi connectivity index (χ3n) is 3.91. The van der Waals surface area contributed by atoms with Gasteiger partial charge in [-0.05, 0) is 17.7 Å². The summed E-state index contributed by atoms with van der Waals surface area (Å²) in [7, 11) is 1.62. The van der Waals surface area contributed by atoms with Crippen LogP contribution < -0.4 is 5.32 Å². The van der Waals surface area contributed by atoms with E-state index in [0.717, 1.165) is 17.1 Å². The molecule has 1 aromatic carbocycles. The molecule has 1 N–H and O–H groups in total. The number of aromatic nitrogens is 4. The van der Waals surface area contributed by atoms with Crippen molar-refractivity contribution in [3.05, 3.63) is 53.7 Å². The largest absolute Gasteiger partial charge is 0.378 e. The van der Waals surface area contributed by atoms with Crippen molar-refractivity contribution in [3.63, 3.8) is 0 Å². The zero-order valence-electron chi connectivity index (χ0n) is 14.0. The van der Waals surface area contributed by atoms with E-state index in [1.54, 1.807) is 23.8 Å². The number of hydrogen-bond acceptors (Lipinski definition) is 5. The van der Waals surface area contributed by atoms with Crippen LogP contribution in [-0.2, 0) is 16.8 Å². The highest BCUT2D eigenvalue weighted by atomic mass is 19.1. The topological polar surface area (TPSA) is 64.3 Å². The molecule has 0 bridgehead atoms. The summed E-state index contributed by atoms with van der Waals surface area (Å²) in [5, 5.41) is 7.56. The molecule has 24 heavy (non-hydrogen) atoms. The Morgan fingerprint density at radius 3 is 2.88 bits per heavy atom. The molecule has 6 nitrogen and oxygen atoms in total. The van der Waals surface area contributed by atoms with Crippen molar-refractivity contribution >= 4 is 11.6 Å². The average Bonchev–Trinajstić information content (AvgIpc) is 3.01. The fraction of sp³-hybridized carbons (Fsp3) is 0.353. The van der Waals surface area contributed by atoms with E-state index in [2.05, 4.69) is 34.2 Å². The van der Waals surface area contributed by atoms with Crippen molar-refractivity contribution in [1.82, 2.24) is 19.6 Å². The van der Waals surface area contributed by atoms with Crippen molar-refractivity contribution < 1.29 is 9.13 Å². The van der Waals surface area contributed by atoms with Crippen LogP contribution in [0.25, 0.3) is 5.78 Å². The van der Waals surface area contributed by atoms with Gasteiger partial charge in [-0.2, -0.15) is 14.6 Å². The Balaban J connectivity index is 1.85. The lowest BCUT2D eigenvalue weighted by atomic mass is 9.84. The summed E-state index contributed by atoms with van der Waals surface area (Å²) in [5.41, 5.74) is 1.43. The molecule has 0 unspecified atom stereocenters. The van der Waals surface area contributed by atoms with Crippen LogP contribution in [0.3, 0.4) is 0 Å². The highest BCUT2D eigenvalue weighted by Gasteiger charge is 2.21.